The van der Waals surface area contributed by atoms with Gasteiger partial charge in [0.2, 0.25) is 6.79 Å². The molecule has 2 aromatic rings. The molecule has 7 heteroatoms. The summed E-state index contributed by atoms with van der Waals surface area (Å²) in [6.45, 7) is 0.175. The molecule has 0 aromatic heterocycles. The van der Waals surface area contributed by atoms with Crippen molar-refractivity contribution in [3.05, 3.63) is 53.6 Å². The third-order valence-electron chi connectivity index (χ3n) is 3.28. The third-order valence-corrected chi connectivity index (χ3v) is 4.13. The summed E-state index contributed by atoms with van der Waals surface area (Å²) in [5.74, 6) is 0.908. The van der Waals surface area contributed by atoms with Gasteiger partial charge in [-0.3, -0.25) is 4.79 Å². The van der Waals surface area contributed by atoms with Crippen LogP contribution < -0.4 is 14.8 Å². The van der Waals surface area contributed by atoms with Crippen molar-refractivity contribution in [2.24, 2.45) is 0 Å². The van der Waals surface area contributed by atoms with Gasteiger partial charge in [0, 0.05) is 23.6 Å². The van der Waals surface area contributed by atoms with Crippen molar-refractivity contribution in [3.8, 4) is 11.5 Å². The number of carbonyl (C=O) groups excluding carboxylic acids is 1. The molecule has 0 unspecified atom stereocenters. The first kappa shape index (κ1) is 15.4. The Balaban J connectivity index is 1.71. The minimum Gasteiger partial charge on any atom is -0.454 e. The molecular weight excluding hydrogens is 318 g/mol. The summed E-state index contributed by atoms with van der Waals surface area (Å²) in [6.07, 6.45) is 1.17. The maximum absolute atomic E-state index is 12.2. The van der Waals surface area contributed by atoms with Crippen LogP contribution in [-0.2, 0) is 15.6 Å². The monoisotopic (exact) mass is 333 g/mol. The van der Waals surface area contributed by atoms with Gasteiger partial charge in [0.25, 0.3) is 5.91 Å². The number of ether oxygens (including phenoxy) is 2. The Hall–Kier alpha value is -2.54. The number of anilines is 1. The fraction of sp³-hybridized carbons (Fsp3) is 0.188. The van der Waals surface area contributed by atoms with Gasteiger partial charge < -0.3 is 14.8 Å². The SMILES string of the molecule is CS(=O)(=O)Cc1ccc(C(=O)Nc2ccc3c(c2)OCO3)cc1. The number of rotatable bonds is 4. The highest BCUT2D eigenvalue weighted by Gasteiger charge is 2.14. The summed E-state index contributed by atoms with van der Waals surface area (Å²) in [4.78, 5) is 12.2. The summed E-state index contributed by atoms with van der Waals surface area (Å²) in [7, 11) is -3.09. The van der Waals surface area contributed by atoms with Gasteiger partial charge in [-0.1, -0.05) is 12.1 Å². The second kappa shape index (κ2) is 5.92. The molecule has 0 radical (unpaired) electrons. The zero-order chi connectivity index (χ0) is 16.4. The number of hydrogen-bond donors (Lipinski definition) is 1. The number of sulfone groups is 1. The van der Waals surface area contributed by atoms with Crippen LogP contribution in [0, 0.1) is 0 Å². The molecule has 1 aliphatic rings. The van der Waals surface area contributed by atoms with Crippen LogP contribution >= 0.6 is 0 Å². The second-order valence-electron chi connectivity index (χ2n) is 5.29. The average Bonchev–Trinajstić information content (AvgIpc) is 2.94. The Morgan fingerprint density at radius 3 is 2.48 bits per heavy atom. The maximum atomic E-state index is 12.2. The van der Waals surface area contributed by atoms with Crippen molar-refractivity contribution in [1.82, 2.24) is 0 Å². The van der Waals surface area contributed by atoms with Gasteiger partial charge in [-0.15, -0.1) is 0 Å². The van der Waals surface area contributed by atoms with Gasteiger partial charge in [-0.05, 0) is 29.8 Å². The third kappa shape index (κ3) is 3.81. The highest BCUT2D eigenvalue weighted by atomic mass is 32.2. The molecule has 23 heavy (non-hydrogen) atoms. The van der Waals surface area contributed by atoms with Gasteiger partial charge in [-0.2, -0.15) is 0 Å². The molecule has 1 amide bonds. The Morgan fingerprint density at radius 1 is 1.09 bits per heavy atom. The summed E-state index contributed by atoms with van der Waals surface area (Å²) in [5, 5.41) is 2.76. The van der Waals surface area contributed by atoms with E-state index in [0.717, 1.165) is 0 Å². The van der Waals surface area contributed by atoms with E-state index in [9.17, 15) is 13.2 Å². The van der Waals surface area contributed by atoms with Crippen molar-refractivity contribution < 1.29 is 22.7 Å². The zero-order valence-corrected chi connectivity index (χ0v) is 13.2. The van der Waals surface area contributed by atoms with Crippen LogP contribution in [0.3, 0.4) is 0 Å². The largest absolute Gasteiger partial charge is 0.454 e. The molecule has 6 nitrogen and oxygen atoms in total. The number of hydrogen-bond acceptors (Lipinski definition) is 5. The zero-order valence-electron chi connectivity index (χ0n) is 12.4. The van der Waals surface area contributed by atoms with E-state index in [1.807, 2.05) is 0 Å². The molecular formula is C16H15NO5S. The fourth-order valence-electron chi connectivity index (χ4n) is 2.23. The smallest absolute Gasteiger partial charge is 0.255 e. The number of amides is 1. The number of fused-ring (bicyclic) bond motifs is 1. The average molecular weight is 333 g/mol. The lowest BCUT2D eigenvalue weighted by Gasteiger charge is -2.07. The predicted molar refractivity (Wildman–Crippen MR) is 85.5 cm³/mol. The topological polar surface area (TPSA) is 81.7 Å². The van der Waals surface area contributed by atoms with Gasteiger partial charge >= 0.3 is 0 Å². The number of carbonyl (C=O) groups is 1. The molecule has 0 fully saturated rings. The summed E-state index contributed by atoms with van der Waals surface area (Å²) in [5.41, 5.74) is 1.69. The molecule has 2 aromatic carbocycles. The summed E-state index contributed by atoms with van der Waals surface area (Å²) in [6, 6.07) is 11.6. The van der Waals surface area contributed by atoms with Crippen LogP contribution in [0.4, 0.5) is 5.69 Å². The van der Waals surface area contributed by atoms with Crippen molar-refractivity contribution in [1.29, 1.82) is 0 Å². The second-order valence-corrected chi connectivity index (χ2v) is 7.43. The molecule has 1 heterocycles. The van der Waals surface area contributed by atoms with Crippen LogP contribution in [0.2, 0.25) is 0 Å². The predicted octanol–water partition coefficient (Wildman–Crippen LogP) is 2.21. The van der Waals surface area contributed by atoms with Crippen LogP contribution in [-0.4, -0.2) is 27.4 Å². The first-order valence-corrected chi connectivity index (χ1v) is 8.94. The fourth-order valence-corrected chi connectivity index (χ4v) is 3.03. The summed E-state index contributed by atoms with van der Waals surface area (Å²) >= 11 is 0. The highest BCUT2D eigenvalue weighted by Crippen LogP contribution is 2.34. The van der Waals surface area contributed by atoms with Crippen molar-refractivity contribution in [3.63, 3.8) is 0 Å². The maximum Gasteiger partial charge on any atom is 0.255 e. The van der Waals surface area contributed by atoms with Gasteiger partial charge in [0.05, 0.1) is 5.75 Å². The van der Waals surface area contributed by atoms with E-state index < -0.39 is 9.84 Å². The van der Waals surface area contributed by atoms with Crippen molar-refractivity contribution in [2.75, 3.05) is 18.4 Å². The number of nitrogens with one attached hydrogen (secondary N) is 1. The normalized spacial score (nSPS) is 12.9. The van der Waals surface area contributed by atoms with E-state index >= 15 is 0 Å². The lowest BCUT2D eigenvalue weighted by atomic mass is 10.1. The molecule has 3 rings (SSSR count). The first-order valence-electron chi connectivity index (χ1n) is 6.88. The Kier molecular flexibility index (Phi) is 3.96. The quantitative estimate of drug-likeness (QED) is 0.928. The van der Waals surface area contributed by atoms with E-state index in [1.54, 1.807) is 42.5 Å². The van der Waals surface area contributed by atoms with E-state index in [2.05, 4.69) is 5.32 Å². The standard InChI is InChI=1S/C16H15NO5S/c1-23(19,20)9-11-2-4-12(5-3-11)16(18)17-13-6-7-14-15(8-13)22-10-21-14/h2-8H,9-10H2,1H3,(H,17,18). The van der Waals surface area contributed by atoms with Gasteiger partial charge in [0.15, 0.2) is 21.3 Å². The Morgan fingerprint density at radius 2 is 1.78 bits per heavy atom. The lowest BCUT2D eigenvalue weighted by molar-refractivity contribution is 0.102. The summed E-state index contributed by atoms with van der Waals surface area (Å²) < 4.78 is 33.0. The number of benzene rings is 2. The molecule has 0 spiro atoms. The highest BCUT2D eigenvalue weighted by molar-refractivity contribution is 7.89. The van der Waals surface area contributed by atoms with Crippen LogP contribution in [0.5, 0.6) is 11.5 Å². The molecule has 120 valence electrons. The Labute approximate surface area is 134 Å². The van der Waals surface area contributed by atoms with Crippen molar-refractivity contribution in [2.45, 2.75) is 5.75 Å². The van der Waals surface area contributed by atoms with Crippen LogP contribution in [0.15, 0.2) is 42.5 Å². The van der Waals surface area contributed by atoms with E-state index in [0.29, 0.717) is 28.3 Å². The van der Waals surface area contributed by atoms with E-state index in [4.69, 9.17) is 9.47 Å². The van der Waals surface area contributed by atoms with Crippen LogP contribution in [0.1, 0.15) is 15.9 Å². The molecule has 1 aliphatic heterocycles. The Bertz CT molecular complexity index is 843. The van der Waals surface area contributed by atoms with E-state index in [-0.39, 0.29) is 18.5 Å². The minimum atomic E-state index is -3.09. The molecule has 0 atom stereocenters. The van der Waals surface area contributed by atoms with Gasteiger partial charge in [0.1, 0.15) is 0 Å². The molecule has 1 N–H and O–H groups in total. The van der Waals surface area contributed by atoms with Crippen molar-refractivity contribution >= 4 is 21.4 Å². The molecule has 0 aliphatic carbocycles. The first-order chi connectivity index (χ1) is 10.9. The molecule has 0 bridgehead atoms. The van der Waals surface area contributed by atoms with E-state index in [1.165, 1.54) is 6.26 Å². The lowest BCUT2D eigenvalue weighted by Crippen LogP contribution is -2.12. The minimum absolute atomic E-state index is 0.0446. The molecule has 0 saturated heterocycles. The molecule has 0 saturated carbocycles. The van der Waals surface area contributed by atoms with Crippen LogP contribution in [0.25, 0.3) is 0 Å². The van der Waals surface area contributed by atoms with Gasteiger partial charge in [-0.25, -0.2) is 8.42 Å².